The quantitative estimate of drug-likeness (QED) is 0.739. The van der Waals surface area contributed by atoms with Crippen molar-refractivity contribution < 1.29 is 9.53 Å². The molecule has 0 atom stereocenters. The molecule has 0 bridgehead atoms. The van der Waals surface area contributed by atoms with Gasteiger partial charge in [-0.2, -0.15) is 5.10 Å². The van der Waals surface area contributed by atoms with Crippen LogP contribution in [0.1, 0.15) is 21.7 Å². The highest BCUT2D eigenvalue weighted by molar-refractivity contribution is 5.93. The molecule has 0 spiro atoms. The number of rotatable bonds is 5. The highest BCUT2D eigenvalue weighted by Crippen LogP contribution is 2.17. The molecule has 4 rings (SSSR count). The van der Waals surface area contributed by atoms with Crippen molar-refractivity contribution in [2.24, 2.45) is 0 Å². The first kappa shape index (κ1) is 18.2. The second kappa shape index (κ2) is 8.22. The van der Waals surface area contributed by atoms with E-state index in [2.05, 4.69) is 20.3 Å². The number of carbonyl (C=O) groups is 1. The average Bonchev–Trinajstić information content (AvgIpc) is 3.19. The number of aromatic nitrogens is 3. The van der Waals surface area contributed by atoms with Crippen LogP contribution in [0.25, 0.3) is 5.69 Å². The van der Waals surface area contributed by atoms with Gasteiger partial charge in [-0.25, -0.2) is 4.68 Å². The maximum atomic E-state index is 12.7. The summed E-state index contributed by atoms with van der Waals surface area (Å²) in [6.07, 6.45) is 3.60. The van der Waals surface area contributed by atoms with Gasteiger partial charge in [0.05, 0.1) is 24.6 Å². The molecule has 0 aliphatic carbocycles. The number of nitrogens with zero attached hydrogens (tertiary/aromatic N) is 4. The molecule has 3 aromatic rings. The fourth-order valence-electron chi connectivity index (χ4n) is 3.26. The Morgan fingerprint density at radius 1 is 1.18 bits per heavy atom. The SMILES string of the molecule is Cc1ccn(-c2ccccc2CNC(=O)c2cc(N3CCOCC3)ccn2)n1. The minimum Gasteiger partial charge on any atom is -0.378 e. The van der Waals surface area contributed by atoms with Gasteiger partial charge < -0.3 is 15.0 Å². The molecular formula is C21H23N5O2. The van der Waals surface area contributed by atoms with Crippen LogP contribution in [-0.4, -0.2) is 47.0 Å². The average molecular weight is 377 g/mol. The van der Waals surface area contributed by atoms with Crippen molar-refractivity contribution in [3.05, 3.63) is 71.8 Å². The maximum absolute atomic E-state index is 12.7. The Morgan fingerprint density at radius 2 is 2.00 bits per heavy atom. The van der Waals surface area contributed by atoms with Gasteiger partial charge in [0.15, 0.2) is 0 Å². The lowest BCUT2D eigenvalue weighted by molar-refractivity contribution is 0.0946. The second-order valence-corrected chi connectivity index (χ2v) is 6.71. The molecule has 0 radical (unpaired) electrons. The lowest BCUT2D eigenvalue weighted by Gasteiger charge is -2.28. The summed E-state index contributed by atoms with van der Waals surface area (Å²) in [5.74, 6) is -0.193. The van der Waals surface area contributed by atoms with Crippen molar-refractivity contribution in [2.75, 3.05) is 31.2 Å². The summed E-state index contributed by atoms with van der Waals surface area (Å²) in [4.78, 5) is 19.1. The van der Waals surface area contributed by atoms with Crippen LogP contribution < -0.4 is 10.2 Å². The summed E-state index contributed by atoms with van der Waals surface area (Å²) in [5, 5.41) is 7.44. The zero-order chi connectivity index (χ0) is 19.3. The van der Waals surface area contributed by atoms with Crippen molar-refractivity contribution in [3.63, 3.8) is 0 Å². The topological polar surface area (TPSA) is 72.3 Å². The van der Waals surface area contributed by atoms with Crippen molar-refractivity contribution in [3.8, 4) is 5.69 Å². The first-order valence-corrected chi connectivity index (χ1v) is 9.38. The Balaban J connectivity index is 1.47. The molecule has 1 fully saturated rings. The zero-order valence-corrected chi connectivity index (χ0v) is 15.8. The molecule has 1 aliphatic rings. The molecule has 1 aromatic carbocycles. The number of hydrogen-bond donors (Lipinski definition) is 1. The van der Waals surface area contributed by atoms with Gasteiger partial charge in [0, 0.05) is 37.7 Å². The van der Waals surface area contributed by atoms with Crippen molar-refractivity contribution in [2.45, 2.75) is 13.5 Å². The van der Waals surface area contributed by atoms with E-state index in [1.165, 1.54) is 0 Å². The Bertz CT molecular complexity index is 963. The summed E-state index contributed by atoms with van der Waals surface area (Å²) >= 11 is 0. The first-order chi connectivity index (χ1) is 13.7. The van der Waals surface area contributed by atoms with Crippen molar-refractivity contribution in [1.82, 2.24) is 20.1 Å². The molecular weight excluding hydrogens is 354 g/mol. The maximum Gasteiger partial charge on any atom is 0.270 e. The van der Waals surface area contributed by atoms with Crippen LogP contribution in [0.4, 0.5) is 5.69 Å². The number of hydrogen-bond acceptors (Lipinski definition) is 5. The van der Waals surface area contributed by atoms with Gasteiger partial charge in [0.25, 0.3) is 5.91 Å². The van der Waals surface area contributed by atoms with Crippen LogP contribution in [-0.2, 0) is 11.3 Å². The molecule has 1 N–H and O–H groups in total. The summed E-state index contributed by atoms with van der Waals surface area (Å²) < 4.78 is 7.22. The standard InChI is InChI=1S/C21H23N5O2/c1-16-7-9-26(24-16)20-5-3-2-4-17(20)15-23-21(27)19-14-18(6-8-22-19)25-10-12-28-13-11-25/h2-9,14H,10-13,15H2,1H3,(H,23,27). The third-order valence-electron chi connectivity index (χ3n) is 4.75. The number of ether oxygens (including phenoxy) is 1. The lowest BCUT2D eigenvalue weighted by Crippen LogP contribution is -2.36. The van der Waals surface area contributed by atoms with Gasteiger partial charge in [0.1, 0.15) is 5.69 Å². The van der Waals surface area contributed by atoms with Gasteiger partial charge in [-0.15, -0.1) is 0 Å². The van der Waals surface area contributed by atoms with E-state index in [9.17, 15) is 4.79 Å². The van der Waals surface area contributed by atoms with Crippen molar-refractivity contribution >= 4 is 11.6 Å². The fourth-order valence-corrected chi connectivity index (χ4v) is 3.26. The Labute approximate surface area is 164 Å². The molecule has 1 amide bonds. The van der Waals surface area contributed by atoms with Gasteiger partial charge in [0.2, 0.25) is 0 Å². The molecule has 7 heteroatoms. The van der Waals surface area contributed by atoms with E-state index >= 15 is 0 Å². The summed E-state index contributed by atoms with van der Waals surface area (Å²) in [6.45, 7) is 5.40. The van der Waals surface area contributed by atoms with E-state index in [1.54, 1.807) is 6.20 Å². The first-order valence-electron chi connectivity index (χ1n) is 9.38. The smallest absolute Gasteiger partial charge is 0.270 e. The number of aryl methyl sites for hydroxylation is 1. The van der Waals surface area contributed by atoms with Crippen LogP contribution in [0.2, 0.25) is 0 Å². The molecule has 1 saturated heterocycles. The molecule has 3 heterocycles. The number of benzene rings is 1. The molecule has 0 saturated carbocycles. The van der Waals surface area contributed by atoms with E-state index in [0.717, 1.165) is 35.7 Å². The normalized spacial score (nSPS) is 14.1. The van der Waals surface area contributed by atoms with E-state index in [4.69, 9.17) is 4.74 Å². The number of carbonyl (C=O) groups excluding carboxylic acids is 1. The van der Waals surface area contributed by atoms with E-state index in [-0.39, 0.29) is 5.91 Å². The number of morpholine rings is 1. The summed E-state index contributed by atoms with van der Waals surface area (Å²) in [7, 11) is 0. The van der Waals surface area contributed by atoms with Crippen LogP contribution in [0.3, 0.4) is 0 Å². The van der Waals surface area contributed by atoms with Gasteiger partial charge in [-0.05, 0) is 36.8 Å². The van der Waals surface area contributed by atoms with Crippen molar-refractivity contribution in [1.29, 1.82) is 0 Å². The second-order valence-electron chi connectivity index (χ2n) is 6.71. The molecule has 1 aliphatic heterocycles. The monoisotopic (exact) mass is 377 g/mol. The number of amides is 1. The molecule has 144 valence electrons. The zero-order valence-electron chi connectivity index (χ0n) is 15.8. The lowest BCUT2D eigenvalue weighted by atomic mass is 10.1. The predicted octanol–water partition coefficient (Wildman–Crippen LogP) is 2.34. The largest absolute Gasteiger partial charge is 0.378 e. The highest BCUT2D eigenvalue weighted by Gasteiger charge is 2.15. The van der Waals surface area contributed by atoms with Gasteiger partial charge in [-0.3, -0.25) is 9.78 Å². The number of nitrogens with one attached hydrogen (secondary N) is 1. The Kier molecular flexibility index (Phi) is 5.34. The molecule has 2 aromatic heterocycles. The molecule has 28 heavy (non-hydrogen) atoms. The fraction of sp³-hybridized carbons (Fsp3) is 0.286. The van der Waals surface area contributed by atoms with Gasteiger partial charge in [-0.1, -0.05) is 18.2 Å². The number of pyridine rings is 1. The van der Waals surface area contributed by atoms with E-state index in [1.807, 2.05) is 60.3 Å². The summed E-state index contributed by atoms with van der Waals surface area (Å²) in [6, 6.07) is 13.6. The third kappa shape index (κ3) is 4.04. The van der Waals surface area contributed by atoms with Crippen LogP contribution in [0, 0.1) is 6.92 Å². The predicted molar refractivity (Wildman–Crippen MR) is 107 cm³/mol. The molecule has 7 nitrogen and oxygen atoms in total. The highest BCUT2D eigenvalue weighted by atomic mass is 16.5. The Morgan fingerprint density at radius 3 is 2.79 bits per heavy atom. The van der Waals surface area contributed by atoms with E-state index in [0.29, 0.717) is 25.5 Å². The number of para-hydroxylation sites is 1. The van der Waals surface area contributed by atoms with Gasteiger partial charge >= 0.3 is 0 Å². The minimum atomic E-state index is -0.193. The number of anilines is 1. The minimum absolute atomic E-state index is 0.193. The third-order valence-corrected chi connectivity index (χ3v) is 4.75. The van der Waals surface area contributed by atoms with Crippen LogP contribution in [0.15, 0.2) is 54.9 Å². The summed E-state index contributed by atoms with van der Waals surface area (Å²) in [5.41, 5.74) is 4.30. The van der Waals surface area contributed by atoms with Crippen LogP contribution in [0.5, 0.6) is 0 Å². The Hall–Kier alpha value is -3.19. The van der Waals surface area contributed by atoms with E-state index < -0.39 is 0 Å². The molecule has 0 unspecified atom stereocenters. The van der Waals surface area contributed by atoms with Crippen LogP contribution >= 0.6 is 0 Å².